The quantitative estimate of drug-likeness (QED) is 0.360. The molecule has 0 saturated carbocycles. The van der Waals surface area contributed by atoms with Crippen LogP contribution >= 0.6 is 0 Å². The molecule has 0 bridgehead atoms. The van der Waals surface area contributed by atoms with Gasteiger partial charge in [-0.2, -0.15) is 5.10 Å². The number of hydrazine groups is 1. The van der Waals surface area contributed by atoms with Gasteiger partial charge in [0.1, 0.15) is 6.67 Å². The molecule has 5 aromatic carbocycles. The van der Waals surface area contributed by atoms with Crippen LogP contribution in [0, 0.1) is 0 Å². The zero-order valence-electron chi connectivity index (χ0n) is 17.5. The van der Waals surface area contributed by atoms with E-state index in [0.29, 0.717) is 6.67 Å². The van der Waals surface area contributed by atoms with Crippen molar-refractivity contribution in [2.75, 3.05) is 16.7 Å². The summed E-state index contributed by atoms with van der Waals surface area (Å²) in [5.74, 6) is 0.831. The van der Waals surface area contributed by atoms with Crippen molar-refractivity contribution in [1.29, 1.82) is 0 Å². The molecular weight excluding hydrogens is 392 g/mol. The van der Waals surface area contributed by atoms with Crippen LogP contribution in [0.1, 0.15) is 5.56 Å². The molecule has 154 valence electrons. The van der Waals surface area contributed by atoms with E-state index in [9.17, 15) is 0 Å². The van der Waals surface area contributed by atoms with Crippen molar-refractivity contribution in [3.63, 3.8) is 0 Å². The van der Waals surface area contributed by atoms with Crippen molar-refractivity contribution < 1.29 is 0 Å². The molecule has 32 heavy (non-hydrogen) atoms. The Labute approximate surface area is 187 Å². The predicted octanol–water partition coefficient (Wildman–Crippen LogP) is 6.14. The van der Waals surface area contributed by atoms with Crippen LogP contribution in [0.4, 0.5) is 11.4 Å². The zero-order valence-corrected chi connectivity index (χ0v) is 17.5. The number of anilines is 2. The van der Waals surface area contributed by atoms with Crippen LogP contribution < -0.4 is 15.4 Å². The van der Waals surface area contributed by atoms with Crippen LogP contribution in [0.3, 0.4) is 0 Å². The highest BCUT2D eigenvalue weighted by Gasteiger charge is 2.24. The minimum atomic E-state index is 0.597. The van der Waals surface area contributed by atoms with E-state index < -0.39 is 0 Å². The molecule has 0 aromatic heterocycles. The highest BCUT2D eigenvalue weighted by molar-refractivity contribution is 6.20. The summed E-state index contributed by atoms with van der Waals surface area (Å²) in [5.41, 5.74) is 6.86. The Morgan fingerprint density at radius 1 is 0.594 bits per heavy atom. The summed E-state index contributed by atoms with van der Waals surface area (Å²) < 4.78 is 0. The standard InChI is InChI=1S/C28H22N4/c1-3-13-23(14-4-1)31-20-32(24-15-5-2-6-16-24)30-28(29-31)27-25-17-9-7-11-21(25)19-22-12-8-10-18-26(22)27/h1-19H,20H2,(H,29,30). The number of nitrogens with zero attached hydrogens (tertiary/aromatic N) is 3. The summed E-state index contributed by atoms with van der Waals surface area (Å²) >= 11 is 0. The van der Waals surface area contributed by atoms with Gasteiger partial charge in [0.25, 0.3) is 0 Å². The van der Waals surface area contributed by atoms with Gasteiger partial charge in [0, 0.05) is 5.56 Å². The van der Waals surface area contributed by atoms with E-state index in [1.165, 1.54) is 21.5 Å². The number of rotatable bonds is 3. The minimum absolute atomic E-state index is 0.597. The summed E-state index contributed by atoms with van der Waals surface area (Å²) in [6.07, 6.45) is 0. The van der Waals surface area contributed by atoms with E-state index in [2.05, 4.69) is 106 Å². The molecule has 0 amide bonds. The zero-order chi connectivity index (χ0) is 21.3. The molecule has 0 radical (unpaired) electrons. The lowest BCUT2D eigenvalue weighted by Gasteiger charge is -2.37. The number of hydrogen-bond donors (Lipinski definition) is 1. The number of fused-ring (bicyclic) bond motifs is 2. The van der Waals surface area contributed by atoms with E-state index >= 15 is 0 Å². The summed E-state index contributed by atoms with van der Waals surface area (Å²) in [6.45, 7) is 0.597. The van der Waals surface area contributed by atoms with Crippen molar-refractivity contribution in [2.24, 2.45) is 5.10 Å². The predicted molar refractivity (Wildman–Crippen MR) is 134 cm³/mol. The highest BCUT2D eigenvalue weighted by atomic mass is 15.7. The van der Waals surface area contributed by atoms with E-state index in [4.69, 9.17) is 5.10 Å². The van der Waals surface area contributed by atoms with Crippen LogP contribution in [-0.2, 0) is 0 Å². The molecule has 1 heterocycles. The first-order chi connectivity index (χ1) is 15.9. The van der Waals surface area contributed by atoms with Crippen LogP contribution in [0.5, 0.6) is 0 Å². The lowest BCUT2D eigenvalue weighted by molar-refractivity contribution is 0.679. The van der Waals surface area contributed by atoms with Crippen molar-refractivity contribution in [3.8, 4) is 0 Å². The summed E-state index contributed by atoms with van der Waals surface area (Å²) in [5, 5.41) is 14.1. The first-order valence-electron chi connectivity index (χ1n) is 10.8. The monoisotopic (exact) mass is 414 g/mol. The lowest BCUT2D eigenvalue weighted by atomic mass is 9.96. The molecule has 6 rings (SSSR count). The van der Waals surface area contributed by atoms with Crippen molar-refractivity contribution in [1.82, 2.24) is 5.43 Å². The Bertz CT molecular complexity index is 1370. The second-order valence-corrected chi connectivity index (χ2v) is 7.89. The topological polar surface area (TPSA) is 30.9 Å². The molecule has 1 aliphatic heterocycles. The Kier molecular flexibility index (Phi) is 4.47. The molecule has 0 fully saturated rings. The number of para-hydroxylation sites is 2. The van der Waals surface area contributed by atoms with Crippen LogP contribution in [-0.4, -0.2) is 12.5 Å². The molecular formula is C28H22N4. The number of hydrazone groups is 1. The third-order valence-electron chi connectivity index (χ3n) is 5.87. The van der Waals surface area contributed by atoms with Gasteiger partial charge >= 0.3 is 0 Å². The summed E-state index contributed by atoms with van der Waals surface area (Å²) in [6, 6.07) is 40.0. The number of nitrogens with one attached hydrogen (secondary N) is 1. The number of amidine groups is 1. The van der Waals surface area contributed by atoms with Crippen molar-refractivity contribution in [3.05, 3.63) is 121 Å². The Morgan fingerprint density at radius 2 is 1.12 bits per heavy atom. The molecule has 5 aromatic rings. The van der Waals surface area contributed by atoms with E-state index in [1.807, 2.05) is 24.3 Å². The maximum absolute atomic E-state index is 5.10. The van der Waals surface area contributed by atoms with Gasteiger partial charge < -0.3 is 0 Å². The molecule has 4 heteroatoms. The van der Waals surface area contributed by atoms with Gasteiger partial charge in [-0.1, -0.05) is 84.9 Å². The van der Waals surface area contributed by atoms with Gasteiger partial charge in [-0.05, 0) is 51.9 Å². The molecule has 0 spiro atoms. The summed E-state index contributed by atoms with van der Waals surface area (Å²) in [4.78, 5) is 0. The van der Waals surface area contributed by atoms with Crippen molar-refractivity contribution in [2.45, 2.75) is 0 Å². The van der Waals surface area contributed by atoms with Crippen LogP contribution in [0.25, 0.3) is 21.5 Å². The first kappa shape index (κ1) is 18.5. The first-order valence-corrected chi connectivity index (χ1v) is 10.8. The van der Waals surface area contributed by atoms with Gasteiger partial charge in [-0.15, -0.1) is 0 Å². The van der Waals surface area contributed by atoms with E-state index in [-0.39, 0.29) is 0 Å². The maximum Gasteiger partial charge on any atom is 0.173 e. The number of benzene rings is 5. The van der Waals surface area contributed by atoms with E-state index in [1.54, 1.807) is 0 Å². The largest absolute Gasteiger partial charge is 0.278 e. The fourth-order valence-corrected chi connectivity index (χ4v) is 4.34. The van der Waals surface area contributed by atoms with Crippen LogP contribution in [0.2, 0.25) is 0 Å². The van der Waals surface area contributed by atoms with Gasteiger partial charge in [-0.25, -0.2) is 5.01 Å². The second kappa shape index (κ2) is 7.75. The molecule has 0 aliphatic carbocycles. The Hall–Kier alpha value is -4.31. The smallest absolute Gasteiger partial charge is 0.173 e. The van der Waals surface area contributed by atoms with Crippen molar-refractivity contribution >= 4 is 38.8 Å². The normalized spacial score (nSPS) is 13.8. The molecule has 0 unspecified atom stereocenters. The molecule has 0 atom stereocenters. The fraction of sp³-hybridized carbons (Fsp3) is 0.0357. The van der Waals surface area contributed by atoms with Gasteiger partial charge in [0.05, 0.1) is 11.4 Å². The number of hydrogen-bond acceptors (Lipinski definition) is 4. The Morgan fingerprint density at radius 3 is 1.75 bits per heavy atom. The Balaban J connectivity index is 1.59. The molecule has 0 saturated heterocycles. The van der Waals surface area contributed by atoms with E-state index in [0.717, 1.165) is 22.8 Å². The van der Waals surface area contributed by atoms with Gasteiger partial charge in [0.2, 0.25) is 0 Å². The second-order valence-electron chi connectivity index (χ2n) is 7.89. The SMILES string of the molecule is c1ccc(N2CN(c3ccccc3)NC(c3c4ccccc4cc4ccccc34)=N2)cc1. The van der Waals surface area contributed by atoms with Gasteiger partial charge in [-0.3, -0.25) is 10.4 Å². The lowest BCUT2D eigenvalue weighted by Crippen LogP contribution is -2.53. The average molecular weight is 415 g/mol. The molecule has 4 nitrogen and oxygen atoms in total. The minimum Gasteiger partial charge on any atom is -0.278 e. The van der Waals surface area contributed by atoms with Crippen LogP contribution in [0.15, 0.2) is 120 Å². The summed E-state index contributed by atoms with van der Waals surface area (Å²) in [7, 11) is 0. The molecule has 1 aliphatic rings. The fourth-order valence-electron chi connectivity index (χ4n) is 4.34. The average Bonchev–Trinajstić information content (AvgIpc) is 2.88. The van der Waals surface area contributed by atoms with Gasteiger partial charge in [0.15, 0.2) is 5.84 Å². The maximum atomic E-state index is 5.10. The third-order valence-corrected chi connectivity index (χ3v) is 5.87. The third kappa shape index (κ3) is 3.22. The highest BCUT2D eigenvalue weighted by Crippen LogP contribution is 2.30. The molecule has 1 N–H and O–H groups in total.